The Kier molecular flexibility index (Phi) is 7.43. The monoisotopic (exact) mass is 293 g/mol. The molecule has 0 heterocycles. The van der Waals surface area contributed by atoms with Gasteiger partial charge in [-0.3, -0.25) is 0 Å². The molecular weight excluding hydrogens is 266 g/mol. The van der Waals surface area contributed by atoms with E-state index in [1.807, 2.05) is 18.2 Å². The zero-order valence-corrected chi connectivity index (χ0v) is 13.7. The molecule has 1 unspecified atom stereocenters. The molecule has 5 nitrogen and oxygen atoms in total. The molecule has 2 N–H and O–H groups in total. The summed E-state index contributed by atoms with van der Waals surface area (Å²) in [5, 5.41) is 6.62. The van der Waals surface area contributed by atoms with Crippen molar-refractivity contribution in [2.75, 3.05) is 20.8 Å². The summed E-state index contributed by atoms with van der Waals surface area (Å²) in [7, 11) is 3.28. The van der Waals surface area contributed by atoms with Gasteiger partial charge in [0.05, 0.1) is 20.8 Å². The van der Waals surface area contributed by atoms with Crippen LogP contribution < -0.4 is 20.1 Å². The van der Waals surface area contributed by atoms with Crippen molar-refractivity contribution in [3.63, 3.8) is 0 Å². The third-order valence-electron chi connectivity index (χ3n) is 3.23. The first-order valence-electron chi connectivity index (χ1n) is 7.40. The summed E-state index contributed by atoms with van der Waals surface area (Å²) in [6, 6.07) is 6.21. The van der Waals surface area contributed by atoms with E-state index in [1.54, 1.807) is 14.2 Å². The van der Waals surface area contributed by atoms with E-state index in [-0.39, 0.29) is 0 Å². The van der Waals surface area contributed by atoms with Crippen LogP contribution in [0.25, 0.3) is 0 Å². The molecule has 0 aliphatic carbocycles. The number of hydrogen-bond donors (Lipinski definition) is 2. The Balaban J connectivity index is 2.89. The van der Waals surface area contributed by atoms with Crippen molar-refractivity contribution in [3.8, 4) is 11.5 Å². The summed E-state index contributed by atoms with van der Waals surface area (Å²) in [4.78, 5) is 4.61. The fourth-order valence-electron chi connectivity index (χ4n) is 1.90. The first-order valence-corrected chi connectivity index (χ1v) is 7.40. The van der Waals surface area contributed by atoms with Crippen LogP contribution >= 0.6 is 0 Å². The lowest BCUT2D eigenvalue weighted by Gasteiger charge is -2.17. The van der Waals surface area contributed by atoms with Crippen LogP contribution in [0.4, 0.5) is 0 Å². The van der Waals surface area contributed by atoms with Crippen molar-refractivity contribution >= 4 is 5.96 Å². The molecular formula is C16H27N3O2. The lowest BCUT2D eigenvalue weighted by Crippen LogP contribution is -2.41. The number of guanidine groups is 1. The Hall–Kier alpha value is -1.91. The quantitative estimate of drug-likeness (QED) is 0.599. The van der Waals surface area contributed by atoms with E-state index >= 15 is 0 Å². The van der Waals surface area contributed by atoms with Gasteiger partial charge in [0.25, 0.3) is 0 Å². The van der Waals surface area contributed by atoms with Gasteiger partial charge < -0.3 is 20.1 Å². The summed E-state index contributed by atoms with van der Waals surface area (Å²) in [5.74, 6) is 2.28. The molecule has 0 aromatic heterocycles. The van der Waals surface area contributed by atoms with Crippen LogP contribution in [-0.4, -0.2) is 32.8 Å². The first-order chi connectivity index (χ1) is 10.2. The highest BCUT2D eigenvalue weighted by Gasteiger charge is 2.09. The van der Waals surface area contributed by atoms with Crippen molar-refractivity contribution < 1.29 is 9.47 Å². The first kappa shape index (κ1) is 17.1. The number of para-hydroxylation sites is 1. The van der Waals surface area contributed by atoms with Gasteiger partial charge in [-0.2, -0.15) is 0 Å². The molecule has 21 heavy (non-hydrogen) atoms. The van der Waals surface area contributed by atoms with E-state index in [2.05, 4.69) is 36.4 Å². The molecule has 1 aromatic carbocycles. The lowest BCUT2D eigenvalue weighted by molar-refractivity contribution is 0.352. The molecule has 0 amide bonds. The van der Waals surface area contributed by atoms with E-state index in [0.29, 0.717) is 12.6 Å². The molecule has 1 aromatic rings. The van der Waals surface area contributed by atoms with Crippen LogP contribution in [0.5, 0.6) is 11.5 Å². The molecule has 5 heteroatoms. The second kappa shape index (κ2) is 9.10. The van der Waals surface area contributed by atoms with Gasteiger partial charge in [-0.15, -0.1) is 0 Å². The smallest absolute Gasteiger partial charge is 0.191 e. The van der Waals surface area contributed by atoms with E-state index in [9.17, 15) is 0 Å². The number of nitrogens with zero attached hydrogens (tertiary/aromatic N) is 1. The van der Waals surface area contributed by atoms with Crippen LogP contribution in [-0.2, 0) is 6.54 Å². The van der Waals surface area contributed by atoms with Gasteiger partial charge in [0, 0.05) is 18.2 Å². The lowest BCUT2D eigenvalue weighted by atomic mass is 10.2. The fraction of sp³-hybridized carbons (Fsp3) is 0.562. The van der Waals surface area contributed by atoms with E-state index < -0.39 is 0 Å². The highest BCUT2D eigenvalue weighted by Crippen LogP contribution is 2.30. The summed E-state index contributed by atoms with van der Waals surface area (Å²) in [5.41, 5.74) is 0.998. The van der Waals surface area contributed by atoms with Crippen molar-refractivity contribution in [1.29, 1.82) is 0 Å². The average molecular weight is 293 g/mol. The summed E-state index contributed by atoms with van der Waals surface area (Å²) in [6.45, 7) is 7.70. The topological polar surface area (TPSA) is 54.9 Å². The van der Waals surface area contributed by atoms with Crippen LogP contribution in [0.3, 0.4) is 0 Å². The highest BCUT2D eigenvalue weighted by atomic mass is 16.5. The number of hydrogen-bond acceptors (Lipinski definition) is 3. The molecule has 0 aliphatic rings. The molecule has 0 saturated carbocycles. The van der Waals surface area contributed by atoms with Gasteiger partial charge in [0.2, 0.25) is 0 Å². The van der Waals surface area contributed by atoms with Crippen LogP contribution in [0.2, 0.25) is 0 Å². The fourth-order valence-corrected chi connectivity index (χ4v) is 1.90. The summed E-state index contributed by atoms with van der Waals surface area (Å²) in [6.07, 6.45) is 1.05. The molecule has 0 aliphatic heterocycles. The molecule has 0 spiro atoms. The maximum absolute atomic E-state index is 5.43. The Morgan fingerprint density at radius 2 is 2.00 bits per heavy atom. The minimum Gasteiger partial charge on any atom is -0.493 e. The zero-order chi connectivity index (χ0) is 15.7. The minimum absolute atomic E-state index is 0.384. The molecule has 1 rings (SSSR count). The molecule has 1 atom stereocenters. The Morgan fingerprint density at radius 1 is 1.24 bits per heavy atom. The highest BCUT2D eigenvalue weighted by molar-refractivity contribution is 5.80. The summed E-state index contributed by atoms with van der Waals surface area (Å²) < 4.78 is 10.7. The minimum atomic E-state index is 0.384. The number of aliphatic imine (C=N–C) groups is 1. The SMILES string of the molecule is CCNC(=NCc1cccc(OC)c1OC)NC(C)CC. The largest absolute Gasteiger partial charge is 0.493 e. The van der Waals surface area contributed by atoms with Gasteiger partial charge in [-0.25, -0.2) is 4.99 Å². The number of rotatable bonds is 7. The molecule has 118 valence electrons. The molecule has 0 saturated heterocycles. The third kappa shape index (κ3) is 5.17. The van der Waals surface area contributed by atoms with Gasteiger partial charge in [0.1, 0.15) is 0 Å². The van der Waals surface area contributed by atoms with Gasteiger partial charge in [-0.05, 0) is 26.3 Å². The van der Waals surface area contributed by atoms with E-state index in [1.165, 1.54) is 0 Å². The van der Waals surface area contributed by atoms with Crippen molar-refractivity contribution in [3.05, 3.63) is 23.8 Å². The molecule has 0 fully saturated rings. The van der Waals surface area contributed by atoms with Gasteiger partial charge in [-0.1, -0.05) is 19.1 Å². The summed E-state index contributed by atoms with van der Waals surface area (Å²) >= 11 is 0. The van der Waals surface area contributed by atoms with E-state index in [4.69, 9.17) is 9.47 Å². The maximum Gasteiger partial charge on any atom is 0.191 e. The Morgan fingerprint density at radius 3 is 2.57 bits per heavy atom. The van der Waals surface area contributed by atoms with Crippen molar-refractivity contribution in [2.45, 2.75) is 39.8 Å². The second-order valence-corrected chi connectivity index (χ2v) is 4.80. The number of methoxy groups -OCH3 is 2. The predicted octanol–water partition coefficient (Wildman–Crippen LogP) is 2.56. The van der Waals surface area contributed by atoms with Crippen molar-refractivity contribution in [2.24, 2.45) is 4.99 Å². The average Bonchev–Trinajstić information content (AvgIpc) is 2.51. The Labute approximate surface area is 127 Å². The number of benzene rings is 1. The van der Waals surface area contributed by atoms with E-state index in [0.717, 1.165) is 36.0 Å². The molecule has 0 radical (unpaired) electrons. The van der Waals surface area contributed by atoms with Gasteiger partial charge >= 0.3 is 0 Å². The standard InChI is InChI=1S/C16H27N3O2/c1-6-12(3)19-16(17-7-2)18-11-13-9-8-10-14(20-4)15(13)21-5/h8-10,12H,6-7,11H2,1-5H3,(H2,17,18,19). The third-order valence-corrected chi connectivity index (χ3v) is 3.23. The normalized spacial score (nSPS) is 12.7. The van der Waals surface area contributed by atoms with Crippen LogP contribution in [0.15, 0.2) is 23.2 Å². The van der Waals surface area contributed by atoms with Gasteiger partial charge in [0.15, 0.2) is 17.5 Å². The second-order valence-electron chi connectivity index (χ2n) is 4.80. The maximum atomic E-state index is 5.43. The molecule has 0 bridgehead atoms. The Bertz CT molecular complexity index is 461. The van der Waals surface area contributed by atoms with Crippen molar-refractivity contribution in [1.82, 2.24) is 10.6 Å². The predicted molar refractivity (Wildman–Crippen MR) is 87.3 cm³/mol. The number of ether oxygens (including phenoxy) is 2. The zero-order valence-electron chi connectivity index (χ0n) is 13.7. The van der Waals surface area contributed by atoms with Crippen LogP contribution in [0, 0.1) is 0 Å². The van der Waals surface area contributed by atoms with Crippen LogP contribution in [0.1, 0.15) is 32.8 Å². The number of nitrogens with one attached hydrogen (secondary N) is 2.